The van der Waals surface area contributed by atoms with Crippen LogP contribution in [0.4, 0.5) is 13.2 Å². The van der Waals surface area contributed by atoms with Crippen molar-refractivity contribution in [3.8, 4) is 11.5 Å². The van der Waals surface area contributed by atoms with Gasteiger partial charge >= 0.3 is 6.36 Å². The van der Waals surface area contributed by atoms with Crippen LogP contribution in [-0.2, 0) is 6.54 Å². The van der Waals surface area contributed by atoms with Crippen molar-refractivity contribution >= 4 is 24.8 Å². The molecule has 0 spiro atoms. The molecule has 3 aromatic carbocycles. The van der Waals surface area contributed by atoms with Gasteiger partial charge in [0.15, 0.2) is 0 Å². The maximum Gasteiger partial charge on any atom is 0.573 e. The lowest BCUT2D eigenvalue weighted by atomic mass is 9.82. The highest BCUT2D eigenvalue weighted by atomic mass is 35.5. The first-order valence-electron chi connectivity index (χ1n) is 12.4. The fourth-order valence-electron chi connectivity index (χ4n) is 5.93. The number of nitrogens with zero attached hydrogens (tertiary/aromatic N) is 2. The topological polar surface area (TPSA) is 24.9 Å². The van der Waals surface area contributed by atoms with E-state index < -0.39 is 6.36 Å². The number of hydrogen-bond acceptors (Lipinski definition) is 4. The van der Waals surface area contributed by atoms with Crippen LogP contribution in [0.5, 0.6) is 11.5 Å². The highest BCUT2D eigenvalue weighted by Gasteiger charge is 2.42. The third kappa shape index (κ3) is 6.94. The molecule has 0 N–H and O–H groups in total. The fraction of sp³-hybridized carbons (Fsp3) is 0.379. The summed E-state index contributed by atoms with van der Waals surface area (Å²) < 4.78 is 48.3. The van der Waals surface area contributed by atoms with E-state index in [9.17, 15) is 13.2 Å². The van der Waals surface area contributed by atoms with E-state index in [1.165, 1.54) is 23.3 Å². The van der Waals surface area contributed by atoms with E-state index in [1.807, 2.05) is 12.1 Å². The Balaban J connectivity index is 0.00000200. The minimum Gasteiger partial charge on any atom is -0.496 e. The summed E-state index contributed by atoms with van der Waals surface area (Å²) in [7, 11) is 1.54. The summed E-state index contributed by atoms with van der Waals surface area (Å²) >= 11 is 0. The van der Waals surface area contributed by atoms with Crippen LogP contribution in [0.3, 0.4) is 0 Å². The number of methoxy groups -OCH3 is 1. The van der Waals surface area contributed by atoms with Gasteiger partial charge < -0.3 is 9.47 Å². The molecule has 0 radical (unpaired) electrons. The van der Waals surface area contributed by atoms with Crippen LogP contribution in [0.1, 0.15) is 35.4 Å². The summed E-state index contributed by atoms with van der Waals surface area (Å²) in [4.78, 5) is 5.02. The molecule has 2 aliphatic heterocycles. The molecular weight excluding hydrogens is 536 g/mol. The standard InChI is InChI=1S/C29H31F3N2O2.2ClH/c1-35-27-15-14-25(36-29(30,31)32)17-23(27)18-33-19-24-13-8-16-34(24)26(20-33)28(21-9-4-2-5-10-21)22-11-6-3-7-12-22;;/h2-7,9-12,14-15,17,24,26,28H,8,13,16,18-20H2,1H3;2*1H/t24-,26-;;/m0../s1. The van der Waals surface area contributed by atoms with Crippen LogP contribution in [0.2, 0.25) is 0 Å². The molecule has 2 aliphatic rings. The lowest BCUT2D eigenvalue weighted by molar-refractivity contribution is -0.274. The molecule has 2 fully saturated rings. The Morgan fingerprint density at radius 1 is 0.895 bits per heavy atom. The van der Waals surface area contributed by atoms with Crippen molar-refractivity contribution < 1.29 is 22.6 Å². The molecule has 2 saturated heterocycles. The van der Waals surface area contributed by atoms with Gasteiger partial charge in [0, 0.05) is 43.2 Å². The summed E-state index contributed by atoms with van der Waals surface area (Å²) in [5, 5.41) is 0. The van der Waals surface area contributed by atoms with E-state index in [0.717, 1.165) is 32.5 Å². The van der Waals surface area contributed by atoms with Gasteiger partial charge in [0.25, 0.3) is 0 Å². The number of fused-ring (bicyclic) bond motifs is 1. The Kier molecular flexibility index (Phi) is 10.4. The highest BCUT2D eigenvalue weighted by Crippen LogP contribution is 2.38. The maximum absolute atomic E-state index is 12.9. The van der Waals surface area contributed by atoms with Gasteiger partial charge in [-0.3, -0.25) is 9.80 Å². The van der Waals surface area contributed by atoms with E-state index in [4.69, 9.17) is 4.74 Å². The molecule has 3 aromatic rings. The minimum absolute atomic E-state index is 0. The van der Waals surface area contributed by atoms with Gasteiger partial charge in [-0.1, -0.05) is 60.7 Å². The molecule has 0 aromatic heterocycles. The predicted molar refractivity (Wildman–Crippen MR) is 148 cm³/mol. The summed E-state index contributed by atoms with van der Waals surface area (Å²) in [6, 6.07) is 26.2. The van der Waals surface area contributed by atoms with Crippen molar-refractivity contribution in [1.82, 2.24) is 9.80 Å². The van der Waals surface area contributed by atoms with E-state index in [2.05, 4.69) is 63.1 Å². The SMILES string of the molecule is COc1ccc(OC(F)(F)F)cc1CN1C[C@@H]2CCCN2[C@H](C(c2ccccc2)c2ccccc2)C1.Cl.Cl. The maximum atomic E-state index is 12.9. The van der Waals surface area contributed by atoms with E-state index in [1.54, 1.807) is 13.2 Å². The van der Waals surface area contributed by atoms with Gasteiger partial charge in [-0.05, 0) is 48.7 Å². The normalized spacial score (nSPS) is 19.8. The molecule has 0 unspecified atom stereocenters. The van der Waals surface area contributed by atoms with Crippen molar-refractivity contribution in [2.24, 2.45) is 0 Å². The van der Waals surface area contributed by atoms with Gasteiger partial charge in [-0.15, -0.1) is 38.0 Å². The fourth-order valence-corrected chi connectivity index (χ4v) is 5.93. The number of benzene rings is 3. The molecular formula is C29H33Cl2F3N2O2. The summed E-state index contributed by atoms with van der Waals surface area (Å²) in [5.41, 5.74) is 3.25. The zero-order chi connectivity index (χ0) is 25.1. The van der Waals surface area contributed by atoms with Gasteiger partial charge in [-0.2, -0.15) is 0 Å². The smallest absolute Gasteiger partial charge is 0.496 e. The number of ether oxygens (including phenoxy) is 2. The Hall–Kier alpha value is -2.45. The van der Waals surface area contributed by atoms with Crippen LogP contribution in [-0.4, -0.2) is 55.0 Å². The zero-order valence-corrected chi connectivity index (χ0v) is 22.8. The number of hydrogen-bond donors (Lipinski definition) is 0. The Bertz CT molecular complexity index is 1110. The first kappa shape index (κ1) is 30.1. The monoisotopic (exact) mass is 568 g/mol. The number of rotatable bonds is 7. The molecule has 4 nitrogen and oxygen atoms in total. The number of halogens is 5. The molecule has 0 amide bonds. The first-order valence-corrected chi connectivity index (χ1v) is 12.4. The molecule has 2 heterocycles. The highest BCUT2D eigenvalue weighted by molar-refractivity contribution is 5.85. The second-order valence-electron chi connectivity index (χ2n) is 9.62. The van der Waals surface area contributed by atoms with Crippen molar-refractivity contribution in [3.63, 3.8) is 0 Å². The predicted octanol–water partition coefficient (Wildman–Crippen LogP) is 6.92. The molecule has 0 bridgehead atoms. The quantitative estimate of drug-likeness (QED) is 0.309. The van der Waals surface area contributed by atoms with Crippen LogP contribution in [0.15, 0.2) is 78.9 Å². The lowest BCUT2D eigenvalue weighted by Crippen LogP contribution is -2.57. The Labute approximate surface area is 234 Å². The van der Waals surface area contributed by atoms with Crippen LogP contribution in [0, 0.1) is 0 Å². The second-order valence-corrected chi connectivity index (χ2v) is 9.62. The molecule has 0 saturated carbocycles. The minimum atomic E-state index is -4.73. The van der Waals surface area contributed by atoms with Crippen LogP contribution < -0.4 is 9.47 Å². The zero-order valence-electron chi connectivity index (χ0n) is 21.1. The van der Waals surface area contributed by atoms with Gasteiger partial charge in [0.2, 0.25) is 0 Å². The summed E-state index contributed by atoms with van der Waals surface area (Å²) in [5.74, 6) is 0.538. The molecule has 38 heavy (non-hydrogen) atoms. The average Bonchev–Trinajstić information content (AvgIpc) is 3.34. The van der Waals surface area contributed by atoms with Crippen LogP contribution in [0.25, 0.3) is 0 Å². The molecule has 9 heteroatoms. The van der Waals surface area contributed by atoms with E-state index in [-0.39, 0.29) is 42.5 Å². The van der Waals surface area contributed by atoms with Crippen molar-refractivity contribution in [2.45, 2.75) is 43.8 Å². The molecule has 206 valence electrons. The Morgan fingerprint density at radius 2 is 1.53 bits per heavy atom. The number of piperazine rings is 1. The third-order valence-electron chi connectivity index (χ3n) is 7.34. The molecule has 0 aliphatic carbocycles. The summed E-state index contributed by atoms with van der Waals surface area (Å²) in [6.07, 6.45) is -2.45. The van der Waals surface area contributed by atoms with Gasteiger partial charge in [-0.25, -0.2) is 0 Å². The van der Waals surface area contributed by atoms with Gasteiger partial charge in [0.05, 0.1) is 7.11 Å². The van der Waals surface area contributed by atoms with Gasteiger partial charge in [0.1, 0.15) is 11.5 Å². The van der Waals surface area contributed by atoms with E-state index >= 15 is 0 Å². The average molecular weight is 569 g/mol. The second kappa shape index (κ2) is 13.1. The third-order valence-corrected chi connectivity index (χ3v) is 7.34. The van der Waals surface area contributed by atoms with Crippen molar-refractivity contribution in [1.29, 1.82) is 0 Å². The number of alkyl halides is 3. The van der Waals surface area contributed by atoms with Crippen LogP contribution >= 0.6 is 24.8 Å². The van der Waals surface area contributed by atoms with E-state index in [0.29, 0.717) is 23.9 Å². The summed E-state index contributed by atoms with van der Waals surface area (Å²) in [6.45, 7) is 3.24. The lowest BCUT2D eigenvalue weighted by Gasteiger charge is -2.47. The molecule has 5 rings (SSSR count). The first-order chi connectivity index (χ1) is 17.4. The largest absolute Gasteiger partial charge is 0.573 e. The van der Waals surface area contributed by atoms with Crippen molar-refractivity contribution in [2.75, 3.05) is 26.7 Å². The van der Waals surface area contributed by atoms with Crippen molar-refractivity contribution in [3.05, 3.63) is 95.6 Å². The Morgan fingerprint density at radius 3 is 2.11 bits per heavy atom. The molecule has 2 atom stereocenters.